The number of hydrogen-bond acceptors (Lipinski definition) is 5. The Morgan fingerprint density at radius 1 is 0.824 bits per heavy atom. The van der Waals surface area contributed by atoms with E-state index in [0.717, 1.165) is 18.7 Å². The van der Waals surface area contributed by atoms with Crippen LogP contribution in [0.2, 0.25) is 0 Å². The van der Waals surface area contributed by atoms with Gasteiger partial charge in [-0.3, -0.25) is 14.9 Å². The van der Waals surface area contributed by atoms with Crippen molar-refractivity contribution in [2.75, 3.05) is 28.6 Å². The van der Waals surface area contributed by atoms with Crippen molar-refractivity contribution in [1.29, 1.82) is 0 Å². The number of carbonyl (C=O) groups excluding carboxylic acids is 2. The van der Waals surface area contributed by atoms with Crippen molar-refractivity contribution in [2.45, 2.75) is 12.8 Å². The number of carbonyl (C=O) groups is 2. The molecule has 3 aromatic carbocycles. The van der Waals surface area contributed by atoms with E-state index in [-0.39, 0.29) is 11.5 Å². The number of nitrogens with one attached hydrogen (secondary N) is 2. The van der Waals surface area contributed by atoms with Crippen LogP contribution in [-0.4, -0.2) is 29.8 Å². The Kier molecular flexibility index (Phi) is 6.98. The smallest absolute Gasteiger partial charge is 0.323 e. The first-order valence-electron chi connectivity index (χ1n) is 11.0. The molecule has 172 valence electrons. The van der Waals surface area contributed by atoms with Crippen LogP contribution in [-0.2, 0) is 0 Å². The summed E-state index contributed by atoms with van der Waals surface area (Å²) in [5.74, 6) is -0.134. The summed E-state index contributed by atoms with van der Waals surface area (Å²) in [5.41, 5.74) is 3.55. The molecular weight excluding hydrogens is 432 g/mol. The Morgan fingerprint density at radius 3 is 1.94 bits per heavy atom. The second-order valence-electron chi connectivity index (χ2n) is 7.94. The minimum atomic E-state index is -0.507. The molecule has 3 aromatic rings. The van der Waals surface area contributed by atoms with E-state index in [1.807, 2.05) is 12.1 Å². The molecule has 0 radical (unpaired) electrons. The van der Waals surface area contributed by atoms with E-state index in [9.17, 15) is 19.7 Å². The lowest BCUT2D eigenvalue weighted by atomic mass is 10.1. The van der Waals surface area contributed by atoms with Crippen molar-refractivity contribution >= 4 is 40.6 Å². The van der Waals surface area contributed by atoms with Gasteiger partial charge in [0.1, 0.15) is 0 Å². The molecule has 4 rings (SSSR count). The predicted octanol–water partition coefficient (Wildman–Crippen LogP) is 5.74. The number of allylic oxidation sites excluding steroid dienone is 1. The lowest BCUT2D eigenvalue weighted by molar-refractivity contribution is -0.384. The summed E-state index contributed by atoms with van der Waals surface area (Å²) in [4.78, 5) is 37.2. The monoisotopic (exact) mass is 456 g/mol. The van der Waals surface area contributed by atoms with Gasteiger partial charge >= 0.3 is 6.03 Å². The van der Waals surface area contributed by atoms with Gasteiger partial charge in [-0.2, -0.15) is 0 Å². The van der Waals surface area contributed by atoms with Gasteiger partial charge in [-0.25, -0.2) is 4.79 Å². The first-order chi connectivity index (χ1) is 16.5. The number of ketones is 1. The molecule has 2 N–H and O–H groups in total. The molecule has 1 aliphatic heterocycles. The summed E-state index contributed by atoms with van der Waals surface area (Å²) in [6.07, 6.45) is 5.79. The fraction of sp³-hybridized carbons (Fsp3) is 0.154. The average Bonchev–Trinajstić information content (AvgIpc) is 3.39. The van der Waals surface area contributed by atoms with Crippen LogP contribution in [0.25, 0.3) is 6.08 Å². The first kappa shape index (κ1) is 22.7. The van der Waals surface area contributed by atoms with Crippen LogP contribution in [0.3, 0.4) is 0 Å². The number of rotatable bonds is 7. The number of amides is 2. The van der Waals surface area contributed by atoms with Crippen molar-refractivity contribution in [1.82, 2.24) is 0 Å². The van der Waals surface area contributed by atoms with E-state index in [0.29, 0.717) is 16.9 Å². The molecule has 8 nitrogen and oxygen atoms in total. The zero-order chi connectivity index (χ0) is 23.9. The highest BCUT2D eigenvalue weighted by Gasteiger charge is 2.11. The average molecular weight is 457 g/mol. The Morgan fingerprint density at radius 2 is 1.38 bits per heavy atom. The molecule has 0 spiro atoms. The summed E-state index contributed by atoms with van der Waals surface area (Å²) in [6, 6.07) is 19.8. The number of nitro benzene ring substituents is 1. The van der Waals surface area contributed by atoms with Gasteiger partial charge in [0.2, 0.25) is 0 Å². The van der Waals surface area contributed by atoms with E-state index in [1.54, 1.807) is 30.3 Å². The quantitative estimate of drug-likeness (QED) is 0.204. The van der Waals surface area contributed by atoms with Crippen molar-refractivity contribution in [3.8, 4) is 0 Å². The molecule has 34 heavy (non-hydrogen) atoms. The molecule has 2 amide bonds. The van der Waals surface area contributed by atoms with E-state index in [2.05, 4.69) is 27.7 Å². The van der Waals surface area contributed by atoms with Crippen molar-refractivity contribution in [3.05, 3.63) is 100 Å². The highest BCUT2D eigenvalue weighted by Crippen LogP contribution is 2.21. The van der Waals surface area contributed by atoms with Crippen LogP contribution >= 0.6 is 0 Å². The van der Waals surface area contributed by atoms with Gasteiger partial charge in [0.25, 0.3) is 5.69 Å². The summed E-state index contributed by atoms with van der Waals surface area (Å²) in [6.45, 7) is 2.19. The third-order valence-corrected chi connectivity index (χ3v) is 5.55. The molecule has 0 saturated carbocycles. The van der Waals surface area contributed by atoms with Gasteiger partial charge < -0.3 is 15.5 Å². The molecule has 1 saturated heterocycles. The number of hydrogen-bond donors (Lipinski definition) is 2. The van der Waals surface area contributed by atoms with E-state index >= 15 is 0 Å². The predicted molar refractivity (Wildman–Crippen MR) is 133 cm³/mol. The van der Waals surface area contributed by atoms with Crippen molar-refractivity contribution in [3.63, 3.8) is 0 Å². The lowest BCUT2D eigenvalue weighted by Gasteiger charge is -2.17. The minimum Gasteiger partial charge on any atom is -0.372 e. The highest BCUT2D eigenvalue weighted by atomic mass is 16.6. The Balaban J connectivity index is 1.30. The largest absolute Gasteiger partial charge is 0.372 e. The Labute approximate surface area is 197 Å². The fourth-order valence-electron chi connectivity index (χ4n) is 3.72. The molecule has 0 bridgehead atoms. The minimum absolute atomic E-state index is 0.0561. The van der Waals surface area contributed by atoms with Crippen LogP contribution in [0.5, 0.6) is 0 Å². The molecule has 0 aromatic heterocycles. The number of nitrogens with zero attached hydrogens (tertiary/aromatic N) is 2. The molecule has 1 aliphatic rings. The van der Waals surface area contributed by atoms with E-state index in [4.69, 9.17) is 0 Å². The van der Waals surface area contributed by atoms with E-state index in [1.165, 1.54) is 48.9 Å². The third kappa shape index (κ3) is 5.86. The van der Waals surface area contributed by atoms with Crippen molar-refractivity contribution in [2.24, 2.45) is 0 Å². The molecule has 0 atom stereocenters. The molecule has 1 fully saturated rings. The highest BCUT2D eigenvalue weighted by molar-refractivity contribution is 6.07. The number of benzene rings is 3. The van der Waals surface area contributed by atoms with Gasteiger partial charge in [-0.1, -0.05) is 18.2 Å². The zero-order valence-corrected chi connectivity index (χ0v) is 18.4. The molecule has 0 aliphatic carbocycles. The summed E-state index contributed by atoms with van der Waals surface area (Å²) in [7, 11) is 0. The molecule has 8 heteroatoms. The molecule has 0 unspecified atom stereocenters. The molecule has 1 heterocycles. The summed E-state index contributed by atoms with van der Waals surface area (Å²) < 4.78 is 0. The topological polar surface area (TPSA) is 105 Å². The summed E-state index contributed by atoms with van der Waals surface area (Å²) in [5, 5.41) is 16.0. The van der Waals surface area contributed by atoms with Gasteiger partial charge in [-0.05, 0) is 73.0 Å². The standard InChI is InChI=1S/C26H24N4O4/c31-25(16-5-19-3-12-23(13-4-19)29-17-1-2-18-29)20-6-8-21(9-7-20)27-26(32)28-22-10-14-24(15-11-22)30(33)34/h3-16H,1-2,17-18H2,(H2,27,28,32)/b16-5+. The van der Waals surface area contributed by atoms with Gasteiger partial charge in [0.05, 0.1) is 4.92 Å². The number of urea groups is 1. The number of nitro groups is 1. The number of anilines is 3. The maximum atomic E-state index is 12.5. The molecular formula is C26H24N4O4. The van der Waals surface area contributed by atoms with Crippen LogP contribution < -0.4 is 15.5 Å². The van der Waals surface area contributed by atoms with Gasteiger partial charge in [0, 0.05) is 47.8 Å². The van der Waals surface area contributed by atoms with Crippen LogP contribution in [0.1, 0.15) is 28.8 Å². The number of non-ortho nitro benzene ring substituents is 1. The summed E-state index contributed by atoms with van der Waals surface area (Å²) >= 11 is 0. The van der Waals surface area contributed by atoms with Gasteiger partial charge in [0.15, 0.2) is 5.78 Å². The second-order valence-corrected chi connectivity index (χ2v) is 7.94. The first-order valence-corrected chi connectivity index (χ1v) is 11.0. The van der Waals surface area contributed by atoms with Crippen LogP contribution in [0.4, 0.5) is 27.5 Å². The SMILES string of the molecule is O=C(Nc1ccc(C(=O)/C=C/c2ccc(N3CCCC3)cc2)cc1)Nc1ccc([N+](=O)[O-])cc1. The second kappa shape index (κ2) is 10.4. The van der Waals surface area contributed by atoms with Crippen LogP contribution in [0.15, 0.2) is 78.9 Å². The normalized spacial score (nSPS) is 13.1. The van der Waals surface area contributed by atoms with E-state index < -0.39 is 11.0 Å². The third-order valence-electron chi connectivity index (χ3n) is 5.55. The van der Waals surface area contributed by atoms with Crippen molar-refractivity contribution < 1.29 is 14.5 Å². The Bertz CT molecular complexity index is 1200. The maximum Gasteiger partial charge on any atom is 0.323 e. The maximum absolute atomic E-state index is 12.5. The lowest BCUT2D eigenvalue weighted by Crippen LogP contribution is -2.19. The van der Waals surface area contributed by atoms with Crippen LogP contribution in [0, 0.1) is 10.1 Å². The Hall–Kier alpha value is -4.46. The fourth-order valence-corrected chi connectivity index (χ4v) is 3.72. The van der Waals surface area contributed by atoms with Gasteiger partial charge in [-0.15, -0.1) is 0 Å². The zero-order valence-electron chi connectivity index (χ0n) is 18.4.